The first kappa shape index (κ1) is 18.9. The average molecular weight is 379 g/mol. The van der Waals surface area contributed by atoms with Gasteiger partial charge in [-0.2, -0.15) is 0 Å². The van der Waals surface area contributed by atoms with Gasteiger partial charge in [-0.1, -0.05) is 37.3 Å². The van der Waals surface area contributed by atoms with Gasteiger partial charge < -0.3 is 9.80 Å². The number of hydrogen-bond acceptors (Lipinski definition) is 4. The van der Waals surface area contributed by atoms with Gasteiger partial charge in [0.1, 0.15) is 5.69 Å². The van der Waals surface area contributed by atoms with Crippen LogP contribution in [0.3, 0.4) is 0 Å². The van der Waals surface area contributed by atoms with Crippen molar-refractivity contribution in [2.24, 2.45) is 5.92 Å². The highest BCUT2D eigenvalue weighted by molar-refractivity contribution is 5.92. The third-order valence-electron chi connectivity index (χ3n) is 5.90. The van der Waals surface area contributed by atoms with Gasteiger partial charge >= 0.3 is 0 Å². The van der Waals surface area contributed by atoms with E-state index in [0.717, 1.165) is 57.4 Å². The molecule has 0 N–H and O–H groups in total. The predicted molar refractivity (Wildman–Crippen MR) is 112 cm³/mol. The van der Waals surface area contributed by atoms with Crippen molar-refractivity contribution in [1.29, 1.82) is 0 Å². The number of piperazine rings is 1. The SMILES string of the molecule is CC1CCCN(c2ccc(C(=O)N3CCN(Cc4ccccc4)CC3)nc2)C1. The first-order chi connectivity index (χ1) is 13.7. The summed E-state index contributed by atoms with van der Waals surface area (Å²) in [4.78, 5) is 24.1. The zero-order valence-electron chi connectivity index (χ0n) is 16.8. The maximum Gasteiger partial charge on any atom is 0.272 e. The average Bonchev–Trinajstić information content (AvgIpc) is 2.75. The van der Waals surface area contributed by atoms with E-state index in [1.165, 1.54) is 18.4 Å². The molecule has 2 aliphatic heterocycles. The van der Waals surface area contributed by atoms with E-state index in [2.05, 4.69) is 52.0 Å². The summed E-state index contributed by atoms with van der Waals surface area (Å²) < 4.78 is 0. The highest BCUT2D eigenvalue weighted by atomic mass is 16.2. The standard InChI is InChI=1S/C23H30N4O/c1-19-6-5-11-27(17-19)21-9-10-22(24-16-21)23(28)26-14-12-25(13-15-26)18-20-7-3-2-4-8-20/h2-4,7-10,16,19H,5-6,11-15,17-18H2,1H3. The van der Waals surface area contributed by atoms with Crippen molar-refractivity contribution in [3.8, 4) is 0 Å². The van der Waals surface area contributed by atoms with E-state index in [1.54, 1.807) is 0 Å². The van der Waals surface area contributed by atoms with Crippen molar-refractivity contribution < 1.29 is 4.79 Å². The van der Waals surface area contributed by atoms with Crippen LogP contribution >= 0.6 is 0 Å². The Morgan fingerprint density at radius 2 is 1.82 bits per heavy atom. The molecule has 1 atom stereocenters. The first-order valence-electron chi connectivity index (χ1n) is 10.5. The first-order valence-corrected chi connectivity index (χ1v) is 10.5. The number of hydrogen-bond donors (Lipinski definition) is 0. The number of pyridine rings is 1. The van der Waals surface area contributed by atoms with Crippen LogP contribution < -0.4 is 4.90 Å². The lowest BCUT2D eigenvalue weighted by Gasteiger charge is -2.35. The molecule has 2 aliphatic rings. The molecule has 0 aliphatic carbocycles. The number of piperidine rings is 1. The topological polar surface area (TPSA) is 39.7 Å². The molecule has 3 heterocycles. The molecule has 1 aromatic carbocycles. The molecule has 0 radical (unpaired) electrons. The van der Waals surface area contributed by atoms with Crippen molar-refractivity contribution in [3.63, 3.8) is 0 Å². The van der Waals surface area contributed by atoms with Crippen molar-refractivity contribution >= 4 is 11.6 Å². The second kappa shape index (κ2) is 8.74. The third kappa shape index (κ3) is 4.53. The molecule has 0 spiro atoms. The van der Waals surface area contributed by atoms with Gasteiger partial charge in [-0.3, -0.25) is 9.69 Å². The minimum Gasteiger partial charge on any atom is -0.370 e. The van der Waals surface area contributed by atoms with E-state index in [-0.39, 0.29) is 5.91 Å². The molecule has 2 aromatic rings. The Bertz CT molecular complexity index is 769. The molecule has 28 heavy (non-hydrogen) atoms. The molecule has 5 heteroatoms. The summed E-state index contributed by atoms with van der Waals surface area (Å²) >= 11 is 0. The van der Waals surface area contributed by atoms with Crippen LogP contribution in [0.1, 0.15) is 35.8 Å². The van der Waals surface area contributed by atoms with Gasteiger partial charge in [0.05, 0.1) is 11.9 Å². The highest BCUT2D eigenvalue weighted by Gasteiger charge is 2.23. The quantitative estimate of drug-likeness (QED) is 0.819. The van der Waals surface area contributed by atoms with Gasteiger partial charge in [0.25, 0.3) is 5.91 Å². The Labute approximate surface area is 168 Å². The summed E-state index contributed by atoms with van der Waals surface area (Å²) in [7, 11) is 0. The Morgan fingerprint density at radius 3 is 2.50 bits per heavy atom. The molecule has 5 nitrogen and oxygen atoms in total. The van der Waals surface area contributed by atoms with E-state index in [4.69, 9.17) is 0 Å². The van der Waals surface area contributed by atoms with E-state index >= 15 is 0 Å². The van der Waals surface area contributed by atoms with E-state index in [1.807, 2.05) is 23.2 Å². The normalized spacial score (nSPS) is 21.0. The molecule has 4 rings (SSSR count). The monoisotopic (exact) mass is 378 g/mol. The van der Waals surface area contributed by atoms with E-state index in [9.17, 15) is 4.79 Å². The van der Waals surface area contributed by atoms with E-state index < -0.39 is 0 Å². The second-order valence-corrected chi connectivity index (χ2v) is 8.15. The largest absolute Gasteiger partial charge is 0.370 e. The van der Waals surface area contributed by atoms with Crippen LogP contribution in [-0.4, -0.2) is 60.0 Å². The Kier molecular flexibility index (Phi) is 5.91. The summed E-state index contributed by atoms with van der Waals surface area (Å²) in [5.41, 5.74) is 3.02. The maximum absolute atomic E-state index is 12.8. The highest BCUT2D eigenvalue weighted by Crippen LogP contribution is 2.22. The number of rotatable bonds is 4. The molecule has 0 bridgehead atoms. The van der Waals surface area contributed by atoms with Crippen LogP contribution in [0, 0.1) is 5.92 Å². The Morgan fingerprint density at radius 1 is 1.04 bits per heavy atom. The van der Waals surface area contributed by atoms with Crippen molar-refractivity contribution in [2.75, 3.05) is 44.2 Å². The lowest BCUT2D eigenvalue weighted by Crippen LogP contribution is -2.48. The summed E-state index contributed by atoms with van der Waals surface area (Å²) in [6.45, 7) is 8.76. The van der Waals surface area contributed by atoms with Crippen molar-refractivity contribution in [2.45, 2.75) is 26.3 Å². The van der Waals surface area contributed by atoms with Crippen molar-refractivity contribution in [3.05, 3.63) is 59.9 Å². The molecular formula is C23H30N4O. The van der Waals surface area contributed by atoms with Gasteiger partial charge in [-0.15, -0.1) is 0 Å². The third-order valence-corrected chi connectivity index (χ3v) is 5.90. The lowest BCUT2D eigenvalue weighted by molar-refractivity contribution is 0.0623. The molecule has 2 saturated heterocycles. The zero-order valence-corrected chi connectivity index (χ0v) is 16.8. The number of nitrogens with zero attached hydrogens (tertiary/aromatic N) is 4. The minimum absolute atomic E-state index is 0.0536. The fraction of sp³-hybridized carbons (Fsp3) is 0.478. The Hall–Kier alpha value is -2.40. The van der Waals surface area contributed by atoms with Crippen LogP contribution in [0.2, 0.25) is 0 Å². The second-order valence-electron chi connectivity index (χ2n) is 8.15. The van der Waals surface area contributed by atoms with Crippen LogP contribution in [0.15, 0.2) is 48.7 Å². The lowest BCUT2D eigenvalue weighted by atomic mass is 10.00. The van der Waals surface area contributed by atoms with Crippen LogP contribution in [-0.2, 0) is 6.54 Å². The number of amides is 1. The summed E-state index contributed by atoms with van der Waals surface area (Å²) in [5, 5.41) is 0. The smallest absolute Gasteiger partial charge is 0.272 e. The van der Waals surface area contributed by atoms with Crippen LogP contribution in [0.25, 0.3) is 0 Å². The van der Waals surface area contributed by atoms with Gasteiger partial charge in [0, 0.05) is 45.8 Å². The van der Waals surface area contributed by atoms with Crippen molar-refractivity contribution in [1.82, 2.24) is 14.8 Å². The Balaban J connectivity index is 1.31. The number of carbonyl (C=O) groups is 1. The molecule has 1 aromatic heterocycles. The number of aromatic nitrogens is 1. The number of benzene rings is 1. The van der Waals surface area contributed by atoms with E-state index in [0.29, 0.717) is 5.69 Å². The van der Waals surface area contributed by atoms with Crippen LogP contribution in [0.5, 0.6) is 0 Å². The fourth-order valence-corrected chi connectivity index (χ4v) is 4.24. The number of anilines is 1. The maximum atomic E-state index is 12.8. The van der Waals surface area contributed by atoms with Gasteiger partial charge in [0.2, 0.25) is 0 Å². The molecule has 1 amide bonds. The molecule has 1 unspecified atom stereocenters. The van der Waals surface area contributed by atoms with Gasteiger partial charge in [0.15, 0.2) is 0 Å². The summed E-state index contributed by atoms with van der Waals surface area (Å²) in [6, 6.07) is 14.5. The number of carbonyl (C=O) groups excluding carboxylic acids is 1. The summed E-state index contributed by atoms with van der Waals surface area (Å²) in [5.74, 6) is 0.778. The zero-order chi connectivity index (χ0) is 19.3. The van der Waals surface area contributed by atoms with Gasteiger partial charge in [-0.05, 0) is 36.5 Å². The summed E-state index contributed by atoms with van der Waals surface area (Å²) in [6.07, 6.45) is 4.41. The fourth-order valence-electron chi connectivity index (χ4n) is 4.24. The molecule has 148 valence electrons. The molecule has 2 fully saturated rings. The van der Waals surface area contributed by atoms with Gasteiger partial charge in [-0.25, -0.2) is 4.98 Å². The predicted octanol–water partition coefficient (Wildman–Crippen LogP) is 3.28. The minimum atomic E-state index is 0.0536. The van der Waals surface area contributed by atoms with Crippen LogP contribution in [0.4, 0.5) is 5.69 Å². The molecule has 0 saturated carbocycles. The molecular weight excluding hydrogens is 348 g/mol.